The van der Waals surface area contributed by atoms with Crippen molar-refractivity contribution in [3.05, 3.63) is 41.9 Å². The highest BCUT2D eigenvalue weighted by Crippen LogP contribution is 2.45. The number of hydrogen-bond donors (Lipinski definition) is 3. The lowest BCUT2D eigenvalue weighted by molar-refractivity contribution is -0.146. The molecule has 5 atom stereocenters. The monoisotopic (exact) mass is 615 g/mol. The summed E-state index contributed by atoms with van der Waals surface area (Å²) in [6, 6.07) is 4.22. The maximum atomic E-state index is 14.1. The lowest BCUT2D eigenvalue weighted by atomic mass is 9.85. The van der Waals surface area contributed by atoms with Gasteiger partial charge in [-0.2, -0.15) is 4.80 Å². The Morgan fingerprint density at radius 2 is 1.91 bits per heavy atom. The first-order valence-electron chi connectivity index (χ1n) is 14.0. The number of benzene rings is 1. The van der Waals surface area contributed by atoms with E-state index in [1.165, 1.54) is 15.8 Å². The third-order valence-corrected chi connectivity index (χ3v) is 7.74. The van der Waals surface area contributed by atoms with Gasteiger partial charge in [0.05, 0.1) is 6.04 Å². The van der Waals surface area contributed by atoms with Crippen molar-refractivity contribution in [1.29, 1.82) is 0 Å². The summed E-state index contributed by atoms with van der Waals surface area (Å²) < 4.78 is 5.40. The highest BCUT2D eigenvalue weighted by atomic mass is 35.5. The van der Waals surface area contributed by atoms with Crippen molar-refractivity contribution in [1.82, 2.24) is 35.7 Å². The number of nitrogens with zero attached hydrogens (tertiary/aromatic N) is 5. The molecule has 0 bridgehead atoms. The third-order valence-electron chi connectivity index (χ3n) is 7.50. The Bertz CT molecular complexity index is 1430. The van der Waals surface area contributed by atoms with Gasteiger partial charge in [-0.3, -0.25) is 9.59 Å². The van der Waals surface area contributed by atoms with Gasteiger partial charge in [-0.15, -0.1) is 16.8 Å². The molecule has 2 fully saturated rings. The fourth-order valence-electron chi connectivity index (χ4n) is 5.15. The van der Waals surface area contributed by atoms with Crippen LogP contribution in [0.4, 0.5) is 4.79 Å². The van der Waals surface area contributed by atoms with Gasteiger partial charge in [0.1, 0.15) is 23.2 Å². The first kappa shape index (κ1) is 31.9. The molecular formula is C29H38ClN7O6. The molecule has 1 aliphatic carbocycles. The second-order valence-electron chi connectivity index (χ2n) is 13.1. The summed E-state index contributed by atoms with van der Waals surface area (Å²) in [5, 5.41) is 28.5. The zero-order valence-electron chi connectivity index (χ0n) is 25.1. The van der Waals surface area contributed by atoms with Gasteiger partial charge in [-0.05, 0) is 50.0 Å². The number of rotatable bonds is 8. The van der Waals surface area contributed by atoms with Crippen LogP contribution in [-0.2, 0) is 19.1 Å². The summed E-state index contributed by atoms with van der Waals surface area (Å²) in [5.74, 6) is -2.48. The average Bonchev–Trinajstić information content (AvgIpc) is 3.22. The number of carbonyl (C=O) groups excluding carboxylic acids is 3. The highest BCUT2D eigenvalue weighted by molar-refractivity contribution is 6.30. The van der Waals surface area contributed by atoms with Crippen LogP contribution in [0.3, 0.4) is 0 Å². The largest absolute Gasteiger partial charge is 0.479 e. The minimum absolute atomic E-state index is 0.00972. The summed E-state index contributed by atoms with van der Waals surface area (Å²) >= 11 is 6.12. The van der Waals surface area contributed by atoms with Crippen molar-refractivity contribution < 1.29 is 29.0 Å². The van der Waals surface area contributed by atoms with Gasteiger partial charge in [0, 0.05) is 29.5 Å². The zero-order chi connectivity index (χ0) is 31.9. The number of aliphatic carboxylic acids is 1. The molecule has 3 N–H and O–H groups in total. The van der Waals surface area contributed by atoms with Gasteiger partial charge in [0.2, 0.25) is 17.6 Å². The predicted molar refractivity (Wildman–Crippen MR) is 157 cm³/mol. The van der Waals surface area contributed by atoms with E-state index in [1.54, 1.807) is 65.8 Å². The van der Waals surface area contributed by atoms with Crippen LogP contribution in [0.5, 0.6) is 0 Å². The summed E-state index contributed by atoms with van der Waals surface area (Å²) in [6.07, 6.45) is 0.991. The SMILES string of the molecule is C=CC1CC1(NC(=O)C1CC(n2nnc(-c3cccc(Cl)c3)n2)CN1C(=O)C(NC(=O)OC(C)(C)C)C(C)(C)C)C(=O)O. The van der Waals surface area contributed by atoms with Crippen molar-refractivity contribution in [3.8, 4) is 11.4 Å². The molecule has 1 saturated heterocycles. The van der Waals surface area contributed by atoms with Crippen LogP contribution in [0, 0.1) is 11.3 Å². The predicted octanol–water partition coefficient (Wildman–Crippen LogP) is 3.22. The van der Waals surface area contributed by atoms with Gasteiger partial charge < -0.3 is 25.4 Å². The summed E-state index contributed by atoms with van der Waals surface area (Å²) in [4.78, 5) is 55.4. The molecule has 232 valence electrons. The van der Waals surface area contributed by atoms with Gasteiger partial charge in [-0.25, -0.2) is 9.59 Å². The number of ether oxygens (including phenoxy) is 1. The number of aromatic nitrogens is 4. The lowest BCUT2D eigenvalue weighted by Gasteiger charge is -2.36. The molecule has 1 saturated carbocycles. The minimum Gasteiger partial charge on any atom is -0.479 e. The van der Waals surface area contributed by atoms with Crippen LogP contribution < -0.4 is 10.6 Å². The van der Waals surface area contributed by atoms with Crippen molar-refractivity contribution in [2.45, 2.75) is 83.6 Å². The maximum Gasteiger partial charge on any atom is 0.408 e. The summed E-state index contributed by atoms with van der Waals surface area (Å²) in [7, 11) is 0. The quantitative estimate of drug-likeness (QED) is 0.377. The average molecular weight is 616 g/mol. The lowest BCUT2D eigenvalue weighted by Crippen LogP contribution is -2.59. The Kier molecular flexibility index (Phi) is 8.60. The Labute approximate surface area is 255 Å². The number of amides is 3. The highest BCUT2D eigenvalue weighted by Gasteiger charge is 2.61. The summed E-state index contributed by atoms with van der Waals surface area (Å²) in [6.45, 7) is 14.2. The van der Waals surface area contributed by atoms with Gasteiger partial charge in [0.15, 0.2) is 0 Å². The van der Waals surface area contributed by atoms with Crippen LogP contribution in [0.1, 0.15) is 60.4 Å². The fourth-order valence-corrected chi connectivity index (χ4v) is 5.35. The maximum absolute atomic E-state index is 14.1. The Hall–Kier alpha value is -4.00. The number of likely N-dealkylation sites (tertiary alicyclic amines) is 1. The smallest absolute Gasteiger partial charge is 0.408 e. The number of carbonyl (C=O) groups is 4. The normalized spacial score (nSPS) is 24.2. The Morgan fingerprint density at radius 1 is 1.21 bits per heavy atom. The molecule has 0 radical (unpaired) electrons. The van der Waals surface area contributed by atoms with Gasteiger partial charge in [-0.1, -0.05) is 50.6 Å². The minimum atomic E-state index is -1.49. The van der Waals surface area contributed by atoms with Crippen LogP contribution in [0.25, 0.3) is 11.4 Å². The molecule has 1 aromatic carbocycles. The molecule has 2 heterocycles. The van der Waals surface area contributed by atoms with E-state index in [0.717, 1.165) is 0 Å². The van der Waals surface area contributed by atoms with E-state index < -0.39 is 64.5 Å². The van der Waals surface area contributed by atoms with Crippen molar-refractivity contribution in [2.75, 3.05) is 6.54 Å². The standard InChI is InChI=1S/C29H38ClN7O6/c1-8-17-14-29(17,25(40)41)32-23(38)20-13-19(37-34-22(33-35-37)16-10-9-11-18(30)12-16)15-36(20)24(39)21(27(2,3)4)31-26(42)43-28(5,6)7/h8-12,17,19-21H,1,13-15H2,2-7H3,(H,31,42)(H,32,38)(H,40,41). The fraction of sp³-hybridized carbons (Fsp3) is 0.552. The molecule has 5 unspecified atom stereocenters. The second kappa shape index (κ2) is 11.6. The van der Waals surface area contributed by atoms with Gasteiger partial charge in [0.25, 0.3) is 0 Å². The molecule has 1 aliphatic heterocycles. The molecule has 2 aromatic rings. The summed E-state index contributed by atoms with van der Waals surface area (Å²) in [5.41, 5.74) is -2.42. The second-order valence-corrected chi connectivity index (χ2v) is 13.5. The molecule has 14 heteroatoms. The van der Waals surface area contributed by atoms with E-state index in [4.69, 9.17) is 16.3 Å². The van der Waals surface area contributed by atoms with E-state index in [9.17, 15) is 24.3 Å². The molecule has 4 rings (SSSR count). The Morgan fingerprint density at radius 3 is 2.47 bits per heavy atom. The molecule has 2 aliphatic rings. The van der Waals surface area contributed by atoms with E-state index in [-0.39, 0.29) is 19.4 Å². The van der Waals surface area contributed by atoms with E-state index in [0.29, 0.717) is 16.4 Å². The molecule has 0 spiro atoms. The first-order valence-corrected chi connectivity index (χ1v) is 14.4. The first-order chi connectivity index (χ1) is 19.9. The van der Waals surface area contributed by atoms with Crippen molar-refractivity contribution in [3.63, 3.8) is 0 Å². The molecule has 1 aromatic heterocycles. The topological polar surface area (TPSA) is 169 Å². The van der Waals surface area contributed by atoms with Crippen molar-refractivity contribution in [2.24, 2.45) is 11.3 Å². The van der Waals surface area contributed by atoms with Crippen LogP contribution in [0.2, 0.25) is 5.02 Å². The third kappa shape index (κ3) is 6.98. The Balaban J connectivity index is 1.65. The number of tetrazole rings is 1. The van der Waals surface area contributed by atoms with E-state index >= 15 is 0 Å². The zero-order valence-corrected chi connectivity index (χ0v) is 25.9. The van der Waals surface area contributed by atoms with Crippen molar-refractivity contribution >= 4 is 35.5 Å². The molecule has 13 nitrogen and oxygen atoms in total. The van der Waals surface area contributed by atoms with Crippen LogP contribution in [0.15, 0.2) is 36.9 Å². The van der Waals surface area contributed by atoms with Gasteiger partial charge >= 0.3 is 12.1 Å². The van der Waals surface area contributed by atoms with E-state index in [1.807, 2.05) is 0 Å². The number of carboxylic acids is 1. The number of carboxylic acid groups (broad SMARTS) is 1. The number of hydrogen-bond acceptors (Lipinski definition) is 8. The molecular weight excluding hydrogens is 578 g/mol. The number of nitrogens with one attached hydrogen (secondary N) is 2. The van der Waals surface area contributed by atoms with Crippen LogP contribution in [-0.4, -0.2) is 83.9 Å². The molecule has 43 heavy (non-hydrogen) atoms. The number of halogens is 1. The number of alkyl carbamates (subject to hydrolysis) is 1. The van der Waals surface area contributed by atoms with E-state index in [2.05, 4.69) is 32.6 Å². The van der Waals surface area contributed by atoms with Crippen LogP contribution >= 0.6 is 11.6 Å². The molecule has 3 amide bonds.